The quantitative estimate of drug-likeness (QED) is 0.509. The molecule has 0 heterocycles. The van der Waals surface area contributed by atoms with E-state index in [4.69, 9.17) is 5.11 Å². The molecule has 126 valence electrons. The minimum atomic E-state index is -4.87. The minimum absolute atomic E-state index is 0.0473. The highest BCUT2D eigenvalue weighted by Gasteiger charge is 2.31. The van der Waals surface area contributed by atoms with E-state index < -0.39 is 30.3 Å². The molecule has 0 aliphatic carbocycles. The summed E-state index contributed by atoms with van der Waals surface area (Å²) in [6, 6.07) is 3.94. The van der Waals surface area contributed by atoms with E-state index in [-0.39, 0.29) is 11.3 Å². The number of aliphatic carboxylic acids is 1. The van der Waals surface area contributed by atoms with E-state index >= 15 is 0 Å². The largest absolute Gasteiger partial charge is 0.573 e. The fourth-order valence-corrected chi connectivity index (χ4v) is 1.63. The van der Waals surface area contributed by atoms with Crippen LogP contribution in [0, 0.1) is 0 Å². The van der Waals surface area contributed by atoms with Crippen molar-refractivity contribution in [3.05, 3.63) is 35.9 Å². The molecular weight excluding hydrogens is 322 g/mol. The average molecular weight is 335 g/mol. The molecule has 1 atom stereocenters. The minimum Gasteiger partial charge on any atom is -0.478 e. The van der Waals surface area contributed by atoms with Crippen LogP contribution < -0.4 is 9.64 Å². The van der Waals surface area contributed by atoms with Crippen molar-refractivity contribution >= 4 is 17.6 Å². The zero-order valence-electron chi connectivity index (χ0n) is 12.1. The molecule has 9 heteroatoms. The van der Waals surface area contributed by atoms with Gasteiger partial charge in [-0.2, -0.15) is 0 Å². The lowest BCUT2D eigenvalue weighted by atomic mass is 10.2. The second-order valence-electron chi connectivity index (χ2n) is 4.46. The SMILES string of the molecule is C/C(=C\C(=O)N(c1ccc(OC(F)(F)F)cc1)C(C)F)C(=O)O. The van der Waals surface area contributed by atoms with Gasteiger partial charge in [0.2, 0.25) is 0 Å². The van der Waals surface area contributed by atoms with Gasteiger partial charge in [0.15, 0.2) is 6.30 Å². The standard InChI is InChI=1S/C14H13F4NO4/c1-8(13(21)22)7-12(20)19(9(2)15)10-3-5-11(6-4-10)23-14(16,17)18/h3-7,9H,1-2H3,(H,21,22)/b8-7+. The number of carbonyl (C=O) groups is 2. The molecule has 0 aliphatic heterocycles. The van der Waals surface area contributed by atoms with E-state index in [0.29, 0.717) is 4.90 Å². The van der Waals surface area contributed by atoms with Crippen molar-refractivity contribution in [1.82, 2.24) is 0 Å². The third-order valence-corrected chi connectivity index (χ3v) is 2.62. The zero-order chi connectivity index (χ0) is 17.8. The summed E-state index contributed by atoms with van der Waals surface area (Å²) in [4.78, 5) is 23.2. The molecule has 0 aliphatic rings. The average Bonchev–Trinajstić information content (AvgIpc) is 2.38. The summed E-state index contributed by atoms with van der Waals surface area (Å²) < 4.78 is 53.5. The molecular formula is C14H13F4NO4. The first kappa shape index (κ1) is 18.5. The number of amides is 1. The number of nitrogens with zero attached hydrogens (tertiary/aromatic N) is 1. The van der Waals surface area contributed by atoms with Crippen LogP contribution in [0.25, 0.3) is 0 Å². The maximum absolute atomic E-state index is 13.6. The van der Waals surface area contributed by atoms with Gasteiger partial charge in [-0.1, -0.05) is 0 Å². The van der Waals surface area contributed by atoms with Gasteiger partial charge >= 0.3 is 12.3 Å². The van der Waals surface area contributed by atoms with Crippen molar-refractivity contribution in [3.63, 3.8) is 0 Å². The summed E-state index contributed by atoms with van der Waals surface area (Å²) in [6.45, 7) is 2.18. The highest BCUT2D eigenvalue weighted by atomic mass is 19.4. The van der Waals surface area contributed by atoms with Crippen molar-refractivity contribution < 1.29 is 37.0 Å². The van der Waals surface area contributed by atoms with Crippen LogP contribution in [0.5, 0.6) is 5.75 Å². The predicted octanol–water partition coefficient (Wildman–Crippen LogP) is 3.26. The summed E-state index contributed by atoms with van der Waals surface area (Å²) in [5.41, 5.74) is -0.355. The molecule has 0 spiro atoms. The number of carboxylic acid groups (broad SMARTS) is 1. The lowest BCUT2D eigenvalue weighted by Gasteiger charge is -2.23. The second kappa shape index (κ2) is 7.12. The zero-order valence-corrected chi connectivity index (χ0v) is 12.1. The van der Waals surface area contributed by atoms with Gasteiger partial charge in [-0.25, -0.2) is 9.18 Å². The number of rotatable bonds is 5. The van der Waals surface area contributed by atoms with E-state index in [2.05, 4.69) is 4.74 Å². The Morgan fingerprint density at radius 2 is 1.78 bits per heavy atom. The number of benzene rings is 1. The second-order valence-corrected chi connectivity index (χ2v) is 4.46. The molecule has 1 amide bonds. The van der Waals surface area contributed by atoms with Crippen molar-refractivity contribution in [2.45, 2.75) is 26.5 Å². The number of ether oxygens (including phenoxy) is 1. The van der Waals surface area contributed by atoms with Gasteiger partial charge in [0.25, 0.3) is 5.91 Å². The molecule has 0 radical (unpaired) electrons. The molecule has 23 heavy (non-hydrogen) atoms. The molecule has 0 aromatic heterocycles. The number of hydrogen-bond donors (Lipinski definition) is 1. The predicted molar refractivity (Wildman–Crippen MR) is 72.6 cm³/mol. The number of carboxylic acids is 1. The molecule has 1 N–H and O–H groups in total. The van der Waals surface area contributed by atoms with Crippen molar-refractivity contribution in [3.8, 4) is 5.75 Å². The van der Waals surface area contributed by atoms with Crippen LogP contribution >= 0.6 is 0 Å². The van der Waals surface area contributed by atoms with Gasteiger partial charge in [0.05, 0.1) is 0 Å². The Bertz CT molecular complexity index is 608. The summed E-state index contributed by atoms with van der Waals surface area (Å²) in [7, 11) is 0. The summed E-state index contributed by atoms with van der Waals surface area (Å²) in [5, 5.41) is 8.71. The Morgan fingerprint density at radius 1 is 1.26 bits per heavy atom. The van der Waals surface area contributed by atoms with Gasteiger partial charge < -0.3 is 9.84 Å². The van der Waals surface area contributed by atoms with Gasteiger partial charge in [-0.3, -0.25) is 9.69 Å². The molecule has 0 bridgehead atoms. The first-order chi connectivity index (χ1) is 10.5. The maximum atomic E-state index is 13.6. The van der Waals surface area contributed by atoms with Crippen LogP contribution in [0.3, 0.4) is 0 Å². The Kier molecular flexibility index (Phi) is 5.72. The van der Waals surface area contributed by atoms with Gasteiger partial charge in [-0.05, 0) is 38.1 Å². The normalized spacial score (nSPS) is 13.4. The number of carbonyl (C=O) groups excluding carboxylic acids is 1. The summed E-state index contributed by atoms with van der Waals surface area (Å²) in [6.07, 6.45) is -5.97. The number of hydrogen-bond acceptors (Lipinski definition) is 3. The first-order valence-electron chi connectivity index (χ1n) is 6.26. The molecule has 0 saturated heterocycles. The maximum Gasteiger partial charge on any atom is 0.573 e. The molecule has 0 fully saturated rings. The Morgan fingerprint density at radius 3 is 2.17 bits per heavy atom. The van der Waals surface area contributed by atoms with Crippen LogP contribution in [-0.2, 0) is 9.59 Å². The fraction of sp³-hybridized carbons (Fsp3) is 0.286. The van der Waals surface area contributed by atoms with Gasteiger partial charge in [-0.15, -0.1) is 13.2 Å². The van der Waals surface area contributed by atoms with E-state index in [1.807, 2.05) is 0 Å². The summed E-state index contributed by atoms with van der Waals surface area (Å²) >= 11 is 0. The molecule has 1 unspecified atom stereocenters. The van der Waals surface area contributed by atoms with Gasteiger partial charge in [0.1, 0.15) is 5.75 Å². The highest BCUT2D eigenvalue weighted by molar-refractivity contribution is 6.05. The lowest BCUT2D eigenvalue weighted by Crippen LogP contribution is -2.35. The van der Waals surface area contributed by atoms with E-state index in [9.17, 15) is 27.2 Å². The van der Waals surface area contributed by atoms with Crippen LogP contribution in [0.15, 0.2) is 35.9 Å². The molecule has 1 aromatic carbocycles. The monoisotopic (exact) mass is 335 g/mol. The highest BCUT2D eigenvalue weighted by Crippen LogP contribution is 2.26. The van der Waals surface area contributed by atoms with Crippen LogP contribution in [0.4, 0.5) is 23.2 Å². The number of halogens is 4. The Balaban J connectivity index is 3.05. The number of anilines is 1. The molecule has 1 rings (SSSR count). The van der Waals surface area contributed by atoms with Crippen molar-refractivity contribution in [2.75, 3.05) is 4.90 Å². The third-order valence-electron chi connectivity index (χ3n) is 2.62. The number of alkyl halides is 4. The van der Waals surface area contributed by atoms with E-state index in [0.717, 1.165) is 44.2 Å². The first-order valence-corrected chi connectivity index (χ1v) is 6.26. The molecule has 1 aromatic rings. The van der Waals surface area contributed by atoms with Crippen molar-refractivity contribution in [2.24, 2.45) is 0 Å². The topological polar surface area (TPSA) is 66.8 Å². The van der Waals surface area contributed by atoms with Crippen LogP contribution in [0.2, 0.25) is 0 Å². The lowest BCUT2D eigenvalue weighted by molar-refractivity contribution is -0.274. The van der Waals surface area contributed by atoms with Crippen LogP contribution in [0.1, 0.15) is 13.8 Å². The fourth-order valence-electron chi connectivity index (χ4n) is 1.63. The van der Waals surface area contributed by atoms with Gasteiger partial charge in [0, 0.05) is 17.3 Å². The van der Waals surface area contributed by atoms with E-state index in [1.54, 1.807) is 0 Å². The Hall–Kier alpha value is -2.58. The van der Waals surface area contributed by atoms with Crippen molar-refractivity contribution in [1.29, 1.82) is 0 Å². The molecule has 5 nitrogen and oxygen atoms in total. The Labute approximate surface area is 128 Å². The van der Waals surface area contributed by atoms with E-state index in [1.165, 1.54) is 0 Å². The van der Waals surface area contributed by atoms with Crippen LogP contribution in [-0.4, -0.2) is 29.6 Å². The smallest absolute Gasteiger partial charge is 0.478 e. The third kappa shape index (κ3) is 5.61. The summed E-state index contributed by atoms with van der Waals surface area (Å²) in [5.74, 6) is -2.83. The molecule has 0 saturated carbocycles.